The van der Waals surface area contributed by atoms with Crippen molar-refractivity contribution in [3.05, 3.63) is 30.3 Å². The van der Waals surface area contributed by atoms with Crippen LogP contribution in [0.3, 0.4) is 0 Å². The number of aromatic nitrogens is 2. The lowest BCUT2D eigenvalue weighted by atomic mass is 10.3. The van der Waals surface area contributed by atoms with Crippen molar-refractivity contribution in [1.29, 1.82) is 0 Å². The molecule has 0 bridgehead atoms. The van der Waals surface area contributed by atoms with E-state index in [0.29, 0.717) is 15.9 Å². The lowest BCUT2D eigenvalue weighted by Crippen LogP contribution is -2.05. The van der Waals surface area contributed by atoms with Crippen LogP contribution >= 0.6 is 11.8 Å². The van der Waals surface area contributed by atoms with Crippen molar-refractivity contribution in [3.63, 3.8) is 0 Å². The SMILES string of the molecule is COC(=O)c1cc(N)cnc1Sc1ncco1. The summed E-state index contributed by atoms with van der Waals surface area (Å²) in [5.74, 6) is -0.501. The van der Waals surface area contributed by atoms with Crippen LogP contribution in [0, 0.1) is 0 Å². The molecular weight excluding hydrogens is 242 g/mol. The Morgan fingerprint density at radius 3 is 3.00 bits per heavy atom. The Hall–Kier alpha value is -2.02. The number of carbonyl (C=O) groups is 1. The molecule has 0 aliphatic carbocycles. The number of carbonyl (C=O) groups excluding carboxylic acids is 1. The smallest absolute Gasteiger partial charge is 0.340 e. The lowest BCUT2D eigenvalue weighted by molar-refractivity contribution is 0.0596. The Bertz CT molecular complexity index is 528. The standard InChI is InChI=1S/C10H9N3O3S/c1-15-9(14)7-4-6(11)5-13-8(7)17-10-12-2-3-16-10/h2-5H,11H2,1H3. The second-order valence-corrected chi connectivity index (χ2v) is 3.95. The number of hydrogen-bond donors (Lipinski definition) is 1. The molecule has 17 heavy (non-hydrogen) atoms. The minimum absolute atomic E-state index is 0.288. The molecule has 0 aliphatic heterocycles. The van der Waals surface area contributed by atoms with Crippen LogP contribution in [-0.2, 0) is 4.74 Å². The molecule has 2 rings (SSSR count). The Labute approximate surface area is 101 Å². The van der Waals surface area contributed by atoms with Crippen LogP contribution in [0.5, 0.6) is 0 Å². The van der Waals surface area contributed by atoms with Crippen LogP contribution in [0.4, 0.5) is 5.69 Å². The first-order valence-electron chi connectivity index (χ1n) is 4.62. The van der Waals surface area contributed by atoms with E-state index in [-0.39, 0.29) is 5.56 Å². The fourth-order valence-corrected chi connectivity index (χ4v) is 1.89. The monoisotopic (exact) mass is 251 g/mol. The van der Waals surface area contributed by atoms with Crippen LogP contribution in [-0.4, -0.2) is 23.0 Å². The molecule has 0 saturated carbocycles. The summed E-state index contributed by atoms with van der Waals surface area (Å²) >= 11 is 1.13. The van der Waals surface area contributed by atoms with Gasteiger partial charge in [0.2, 0.25) is 0 Å². The Morgan fingerprint density at radius 2 is 2.35 bits per heavy atom. The average molecular weight is 251 g/mol. The summed E-state index contributed by atoms with van der Waals surface area (Å²) in [6.45, 7) is 0. The lowest BCUT2D eigenvalue weighted by Gasteiger charge is -2.05. The topological polar surface area (TPSA) is 91.2 Å². The molecule has 6 nitrogen and oxygen atoms in total. The van der Waals surface area contributed by atoms with Crippen molar-refractivity contribution in [1.82, 2.24) is 9.97 Å². The highest BCUT2D eigenvalue weighted by atomic mass is 32.2. The normalized spacial score (nSPS) is 10.2. The summed E-state index contributed by atoms with van der Waals surface area (Å²) < 4.78 is 9.72. The Kier molecular flexibility index (Phi) is 3.29. The third-order valence-electron chi connectivity index (χ3n) is 1.87. The number of anilines is 1. The largest absolute Gasteiger partial charge is 0.465 e. The summed E-state index contributed by atoms with van der Waals surface area (Å²) in [4.78, 5) is 19.5. The first-order chi connectivity index (χ1) is 8.20. The van der Waals surface area contributed by atoms with Gasteiger partial charge in [-0.05, 0) is 17.8 Å². The number of ether oxygens (including phenoxy) is 1. The van der Waals surface area contributed by atoms with E-state index in [4.69, 9.17) is 10.2 Å². The van der Waals surface area contributed by atoms with Crippen molar-refractivity contribution >= 4 is 23.4 Å². The first kappa shape index (κ1) is 11.5. The molecule has 0 unspecified atom stereocenters. The van der Waals surface area contributed by atoms with Gasteiger partial charge in [0.05, 0.1) is 30.8 Å². The van der Waals surface area contributed by atoms with Crippen molar-refractivity contribution in [2.45, 2.75) is 10.2 Å². The van der Waals surface area contributed by atoms with Crippen molar-refractivity contribution in [2.24, 2.45) is 0 Å². The summed E-state index contributed by atoms with van der Waals surface area (Å²) in [6.07, 6.45) is 4.41. The highest BCUT2D eigenvalue weighted by Gasteiger charge is 2.16. The number of methoxy groups -OCH3 is 1. The second kappa shape index (κ2) is 4.88. The minimum atomic E-state index is -0.501. The number of nitrogens with two attached hydrogens (primary N) is 1. The van der Waals surface area contributed by atoms with E-state index in [1.54, 1.807) is 0 Å². The first-order valence-corrected chi connectivity index (χ1v) is 5.43. The molecule has 0 amide bonds. The van der Waals surface area contributed by atoms with Gasteiger partial charge in [0, 0.05) is 0 Å². The molecule has 2 aromatic rings. The quantitative estimate of drug-likeness (QED) is 0.828. The molecule has 88 valence electrons. The predicted molar refractivity (Wildman–Crippen MR) is 60.6 cm³/mol. The number of pyridine rings is 1. The van der Waals surface area contributed by atoms with Gasteiger partial charge in [-0.3, -0.25) is 0 Å². The molecule has 0 aromatic carbocycles. The van der Waals surface area contributed by atoms with Gasteiger partial charge in [0.25, 0.3) is 5.22 Å². The fourth-order valence-electron chi connectivity index (χ4n) is 1.15. The van der Waals surface area contributed by atoms with Gasteiger partial charge >= 0.3 is 5.97 Å². The fraction of sp³-hybridized carbons (Fsp3) is 0.100. The maximum Gasteiger partial charge on any atom is 0.340 e. The van der Waals surface area contributed by atoms with E-state index < -0.39 is 5.97 Å². The van der Waals surface area contributed by atoms with Crippen LogP contribution in [0.25, 0.3) is 0 Å². The molecule has 0 radical (unpaired) electrons. The number of rotatable bonds is 3. The van der Waals surface area contributed by atoms with Crippen LogP contribution in [0.2, 0.25) is 0 Å². The highest BCUT2D eigenvalue weighted by Crippen LogP contribution is 2.28. The van der Waals surface area contributed by atoms with Gasteiger partial charge in [-0.2, -0.15) is 0 Å². The van der Waals surface area contributed by atoms with Gasteiger partial charge < -0.3 is 14.9 Å². The predicted octanol–water partition coefficient (Wildman–Crippen LogP) is 1.59. The van der Waals surface area contributed by atoms with Crippen molar-refractivity contribution < 1.29 is 13.9 Å². The van der Waals surface area contributed by atoms with Crippen LogP contribution in [0.1, 0.15) is 10.4 Å². The highest BCUT2D eigenvalue weighted by molar-refractivity contribution is 7.99. The molecule has 0 spiro atoms. The third kappa shape index (κ3) is 2.56. The summed E-state index contributed by atoms with van der Waals surface area (Å²) in [5, 5.41) is 0.834. The number of nitrogens with zero attached hydrogens (tertiary/aromatic N) is 2. The molecule has 0 atom stereocenters. The van der Waals surface area contributed by atoms with E-state index in [1.165, 1.54) is 31.8 Å². The summed E-state index contributed by atoms with van der Waals surface area (Å²) in [5.41, 5.74) is 6.25. The zero-order valence-corrected chi connectivity index (χ0v) is 9.73. The van der Waals surface area contributed by atoms with E-state index in [1.807, 2.05) is 0 Å². The molecular formula is C10H9N3O3S. The van der Waals surface area contributed by atoms with Crippen LogP contribution in [0.15, 0.2) is 39.4 Å². The molecule has 7 heteroatoms. The van der Waals surface area contributed by atoms with Crippen molar-refractivity contribution in [2.75, 3.05) is 12.8 Å². The molecule has 2 heterocycles. The van der Waals surface area contributed by atoms with E-state index in [2.05, 4.69) is 14.7 Å². The Morgan fingerprint density at radius 1 is 1.53 bits per heavy atom. The maximum atomic E-state index is 11.5. The van der Waals surface area contributed by atoms with Crippen molar-refractivity contribution in [3.8, 4) is 0 Å². The van der Waals surface area contributed by atoms with Gasteiger partial charge in [-0.25, -0.2) is 14.8 Å². The van der Waals surface area contributed by atoms with E-state index >= 15 is 0 Å². The second-order valence-electron chi connectivity index (χ2n) is 3.01. The van der Waals surface area contributed by atoms with Crippen LogP contribution < -0.4 is 5.73 Å². The molecule has 0 aliphatic rings. The number of oxazole rings is 1. The Balaban J connectivity index is 2.35. The number of hydrogen-bond acceptors (Lipinski definition) is 7. The average Bonchev–Trinajstić information content (AvgIpc) is 2.83. The van der Waals surface area contributed by atoms with E-state index in [0.717, 1.165) is 11.8 Å². The third-order valence-corrected chi connectivity index (χ3v) is 2.77. The van der Waals surface area contributed by atoms with E-state index in [9.17, 15) is 4.79 Å². The zero-order chi connectivity index (χ0) is 12.3. The van der Waals surface area contributed by atoms with Gasteiger partial charge in [-0.15, -0.1) is 0 Å². The van der Waals surface area contributed by atoms with Gasteiger partial charge in [-0.1, -0.05) is 0 Å². The molecule has 0 fully saturated rings. The maximum absolute atomic E-state index is 11.5. The molecule has 2 aromatic heterocycles. The summed E-state index contributed by atoms with van der Waals surface area (Å²) in [6, 6.07) is 1.50. The number of esters is 1. The minimum Gasteiger partial charge on any atom is -0.465 e. The molecule has 2 N–H and O–H groups in total. The summed E-state index contributed by atoms with van der Waals surface area (Å²) in [7, 11) is 1.30. The zero-order valence-electron chi connectivity index (χ0n) is 8.91. The van der Waals surface area contributed by atoms with Gasteiger partial charge in [0.15, 0.2) is 0 Å². The number of nitrogen functional groups attached to an aromatic ring is 1. The molecule has 0 saturated heterocycles. The van der Waals surface area contributed by atoms with Gasteiger partial charge in [0.1, 0.15) is 11.3 Å².